The fourth-order valence-electron chi connectivity index (χ4n) is 2.30. The van der Waals surface area contributed by atoms with E-state index < -0.39 is 29.6 Å². The highest BCUT2D eigenvalue weighted by atomic mass is 19.1. The highest BCUT2D eigenvalue weighted by molar-refractivity contribution is 6.05. The van der Waals surface area contributed by atoms with E-state index in [0.717, 1.165) is 0 Å². The zero-order valence-corrected chi connectivity index (χ0v) is 15.7. The maximum Gasteiger partial charge on any atom is 0.255 e. The zero-order chi connectivity index (χ0) is 20.7. The summed E-state index contributed by atoms with van der Waals surface area (Å²) in [5.74, 6) is -1.81. The monoisotopic (exact) mass is 386 g/mol. The SMILES string of the molecule is CC(C)[C@H](N)C(=O)NCC(=O)Nc1cccc(C(=O)Nc2cccc(F)c2)c1. The van der Waals surface area contributed by atoms with Crippen LogP contribution >= 0.6 is 0 Å². The Hall–Kier alpha value is -3.26. The Labute approximate surface area is 162 Å². The Kier molecular flexibility index (Phi) is 7.22. The van der Waals surface area contributed by atoms with Gasteiger partial charge in [0.1, 0.15) is 5.82 Å². The molecule has 0 aliphatic carbocycles. The molecule has 3 amide bonds. The van der Waals surface area contributed by atoms with Gasteiger partial charge in [-0.05, 0) is 42.3 Å². The van der Waals surface area contributed by atoms with Crippen LogP contribution in [0, 0.1) is 11.7 Å². The number of hydrogen-bond acceptors (Lipinski definition) is 4. The molecule has 8 heteroatoms. The van der Waals surface area contributed by atoms with Gasteiger partial charge in [0, 0.05) is 16.9 Å². The summed E-state index contributed by atoms with van der Waals surface area (Å²) in [4.78, 5) is 36.1. The molecule has 0 bridgehead atoms. The lowest BCUT2D eigenvalue weighted by Crippen LogP contribution is -2.46. The van der Waals surface area contributed by atoms with E-state index in [0.29, 0.717) is 11.4 Å². The molecule has 0 saturated carbocycles. The minimum absolute atomic E-state index is 0.0451. The van der Waals surface area contributed by atoms with Crippen LogP contribution < -0.4 is 21.7 Å². The predicted octanol–water partition coefficient (Wildman–Crippen LogP) is 2.12. The van der Waals surface area contributed by atoms with Crippen molar-refractivity contribution in [2.24, 2.45) is 11.7 Å². The van der Waals surface area contributed by atoms with Crippen LogP contribution in [0.1, 0.15) is 24.2 Å². The second kappa shape index (κ2) is 9.61. The summed E-state index contributed by atoms with van der Waals surface area (Å²) < 4.78 is 13.2. The first kappa shape index (κ1) is 21.0. The van der Waals surface area contributed by atoms with Gasteiger partial charge < -0.3 is 21.7 Å². The average Bonchev–Trinajstić information content (AvgIpc) is 2.65. The molecule has 1 atom stereocenters. The predicted molar refractivity (Wildman–Crippen MR) is 105 cm³/mol. The maximum absolute atomic E-state index is 13.2. The van der Waals surface area contributed by atoms with Crippen LogP contribution in [0.15, 0.2) is 48.5 Å². The van der Waals surface area contributed by atoms with Crippen molar-refractivity contribution in [2.75, 3.05) is 17.2 Å². The van der Waals surface area contributed by atoms with Crippen molar-refractivity contribution in [1.29, 1.82) is 0 Å². The molecule has 28 heavy (non-hydrogen) atoms. The number of halogens is 1. The van der Waals surface area contributed by atoms with E-state index >= 15 is 0 Å². The topological polar surface area (TPSA) is 113 Å². The van der Waals surface area contributed by atoms with E-state index in [1.54, 1.807) is 24.3 Å². The molecule has 7 nitrogen and oxygen atoms in total. The summed E-state index contributed by atoms with van der Waals surface area (Å²) in [5, 5.41) is 7.65. The van der Waals surface area contributed by atoms with Crippen LogP contribution in [0.2, 0.25) is 0 Å². The summed E-state index contributed by atoms with van der Waals surface area (Å²) in [7, 11) is 0. The second-order valence-electron chi connectivity index (χ2n) is 6.58. The molecule has 0 spiro atoms. The fourth-order valence-corrected chi connectivity index (χ4v) is 2.30. The molecule has 0 heterocycles. The molecule has 0 saturated heterocycles. The molecule has 0 aliphatic heterocycles. The third kappa shape index (κ3) is 6.17. The molecule has 2 aromatic carbocycles. The van der Waals surface area contributed by atoms with Crippen LogP contribution in [-0.2, 0) is 9.59 Å². The van der Waals surface area contributed by atoms with Crippen molar-refractivity contribution >= 4 is 29.1 Å². The number of amides is 3. The minimum Gasteiger partial charge on any atom is -0.346 e. The Balaban J connectivity index is 1.94. The number of benzene rings is 2. The summed E-state index contributed by atoms with van der Waals surface area (Å²) in [6.45, 7) is 3.38. The number of hydrogen-bond donors (Lipinski definition) is 4. The molecule has 0 unspecified atom stereocenters. The normalized spacial score (nSPS) is 11.6. The number of rotatable bonds is 7. The van der Waals surface area contributed by atoms with Gasteiger partial charge in [0.2, 0.25) is 11.8 Å². The van der Waals surface area contributed by atoms with Crippen molar-refractivity contribution in [2.45, 2.75) is 19.9 Å². The molecular formula is C20H23FN4O3. The quantitative estimate of drug-likeness (QED) is 0.584. The summed E-state index contributed by atoms with van der Waals surface area (Å²) in [6, 6.07) is 11.1. The number of anilines is 2. The molecule has 5 N–H and O–H groups in total. The van der Waals surface area contributed by atoms with Crippen LogP contribution in [0.4, 0.5) is 15.8 Å². The smallest absolute Gasteiger partial charge is 0.255 e. The van der Waals surface area contributed by atoms with E-state index in [1.807, 2.05) is 13.8 Å². The standard InChI is InChI=1S/C20H23FN4O3/c1-12(2)18(22)20(28)23-11-17(26)24-15-7-3-5-13(9-15)19(27)25-16-8-4-6-14(21)10-16/h3-10,12,18H,11,22H2,1-2H3,(H,23,28)(H,24,26)(H,25,27)/t18-/m0/s1. The van der Waals surface area contributed by atoms with Crippen LogP contribution in [0.5, 0.6) is 0 Å². The number of nitrogens with two attached hydrogens (primary N) is 1. The molecule has 148 valence electrons. The third-order valence-corrected chi connectivity index (χ3v) is 3.94. The summed E-state index contributed by atoms with van der Waals surface area (Å²) in [6.07, 6.45) is 0. The Morgan fingerprint density at radius 2 is 1.64 bits per heavy atom. The van der Waals surface area contributed by atoms with Crippen molar-refractivity contribution in [1.82, 2.24) is 5.32 Å². The first-order valence-corrected chi connectivity index (χ1v) is 8.76. The number of carbonyl (C=O) groups excluding carboxylic acids is 3. The summed E-state index contributed by atoms with van der Waals surface area (Å²) >= 11 is 0. The van der Waals surface area contributed by atoms with Crippen LogP contribution in [0.3, 0.4) is 0 Å². The first-order valence-electron chi connectivity index (χ1n) is 8.76. The Morgan fingerprint density at radius 1 is 1.00 bits per heavy atom. The molecular weight excluding hydrogens is 363 g/mol. The largest absolute Gasteiger partial charge is 0.346 e. The number of carbonyl (C=O) groups is 3. The minimum atomic E-state index is -0.692. The summed E-state index contributed by atoms with van der Waals surface area (Å²) in [5.41, 5.74) is 6.71. The van der Waals surface area contributed by atoms with E-state index in [2.05, 4.69) is 16.0 Å². The fraction of sp³-hybridized carbons (Fsp3) is 0.250. The maximum atomic E-state index is 13.2. The highest BCUT2D eigenvalue weighted by Crippen LogP contribution is 2.14. The lowest BCUT2D eigenvalue weighted by molar-refractivity contribution is -0.125. The van der Waals surface area contributed by atoms with E-state index in [-0.39, 0.29) is 18.0 Å². The first-order chi connectivity index (χ1) is 13.3. The second-order valence-corrected chi connectivity index (χ2v) is 6.58. The van der Waals surface area contributed by atoms with Gasteiger partial charge in [-0.25, -0.2) is 4.39 Å². The lowest BCUT2D eigenvalue weighted by atomic mass is 10.1. The molecule has 0 aromatic heterocycles. The van der Waals surface area contributed by atoms with Crippen LogP contribution in [-0.4, -0.2) is 30.3 Å². The van der Waals surface area contributed by atoms with Gasteiger partial charge in [0.15, 0.2) is 0 Å². The Bertz CT molecular complexity index is 870. The van der Waals surface area contributed by atoms with Crippen molar-refractivity contribution in [3.05, 3.63) is 59.9 Å². The molecule has 0 radical (unpaired) electrons. The molecule has 0 aliphatic rings. The van der Waals surface area contributed by atoms with Gasteiger partial charge in [-0.15, -0.1) is 0 Å². The lowest BCUT2D eigenvalue weighted by Gasteiger charge is -2.15. The van der Waals surface area contributed by atoms with Gasteiger partial charge in [-0.2, -0.15) is 0 Å². The highest BCUT2D eigenvalue weighted by Gasteiger charge is 2.17. The Morgan fingerprint density at radius 3 is 2.29 bits per heavy atom. The number of nitrogens with one attached hydrogen (secondary N) is 3. The van der Waals surface area contributed by atoms with Crippen molar-refractivity contribution < 1.29 is 18.8 Å². The van der Waals surface area contributed by atoms with Gasteiger partial charge in [-0.3, -0.25) is 14.4 Å². The van der Waals surface area contributed by atoms with Crippen molar-refractivity contribution in [3.8, 4) is 0 Å². The van der Waals surface area contributed by atoms with E-state index in [9.17, 15) is 18.8 Å². The van der Waals surface area contributed by atoms with E-state index in [4.69, 9.17) is 5.73 Å². The molecule has 0 fully saturated rings. The zero-order valence-electron chi connectivity index (χ0n) is 15.7. The van der Waals surface area contributed by atoms with E-state index in [1.165, 1.54) is 24.3 Å². The molecule has 2 rings (SSSR count). The average molecular weight is 386 g/mol. The van der Waals surface area contributed by atoms with Gasteiger partial charge >= 0.3 is 0 Å². The third-order valence-electron chi connectivity index (χ3n) is 3.94. The van der Waals surface area contributed by atoms with Gasteiger partial charge in [-0.1, -0.05) is 26.0 Å². The van der Waals surface area contributed by atoms with Gasteiger partial charge in [0.05, 0.1) is 12.6 Å². The van der Waals surface area contributed by atoms with Crippen LogP contribution in [0.25, 0.3) is 0 Å². The van der Waals surface area contributed by atoms with Crippen molar-refractivity contribution in [3.63, 3.8) is 0 Å². The molecule has 2 aromatic rings. The van der Waals surface area contributed by atoms with Gasteiger partial charge in [0.25, 0.3) is 5.91 Å².